The predicted molar refractivity (Wildman–Crippen MR) is 130 cm³/mol. The van der Waals surface area contributed by atoms with Gasteiger partial charge in [0.2, 0.25) is 0 Å². The van der Waals surface area contributed by atoms with E-state index in [0.29, 0.717) is 11.1 Å². The lowest BCUT2D eigenvalue weighted by Crippen LogP contribution is -2.29. The van der Waals surface area contributed by atoms with Gasteiger partial charge < -0.3 is 5.11 Å². The Morgan fingerprint density at radius 3 is 2.47 bits per heavy atom. The van der Waals surface area contributed by atoms with Gasteiger partial charge in [0.25, 0.3) is 11.7 Å². The molecule has 1 unspecified atom stereocenters. The molecule has 0 bridgehead atoms. The van der Waals surface area contributed by atoms with Crippen molar-refractivity contribution in [2.24, 2.45) is 0 Å². The van der Waals surface area contributed by atoms with E-state index in [0.717, 1.165) is 17.2 Å². The van der Waals surface area contributed by atoms with Crippen LogP contribution >= 0.6 is 11.6 Å². The van der Waals surface area contributed by atoms with Crippen LogP contribution in [0.3, 0.4) is 0 Å². The van der Waals surface area contributed by atoms with Gasteiger partial charge >= 0.3 is 0 Å². The Balaban J connectivity index is 1.98. The number of ketones is 1. The lowest BCUT2D eigenvalue weighted by atomic mass is 9.84. The van der Waals surface area contributed by atoms with Gasteiger partial charge in [0.1, 0.15) is 11.6 Å². The zero-order valence-corrected chi connectivity index (χ0v) is 20.0. The van der Waals surface area contributed by atoms with Gasteiger partial charge in [0.05, 0.1) is 16.6 Å². The van der Waals surface area contributed by atoms with Crippen LogP contribution in [-0.4, -0.2) is 21.8 Å². The molecule has 0 radical (unpaired) electrons. The molecule has 1 saturated heterocycles. The van der Waals surface area contributed by atoms with E-state index in [2.05, 4.69) is 4.98 Å². The average Bonchev–Trinajstić information content (AvgIpc) is 3.06. The number of carbonyl (C=O) groups is 2. The Kier molecular flexibility index (Phi) is 6.04. The largest absolute Gasteiger partial charge is 0.507 e. The number of anilines is 1. The topological polar surface area (TPSA) is 70.5 Å². The van der Waals surface area contributed by atoms with Crippen molar-refractivity contribution in [1.29, 1.82) is 0 Å². The normalized spacial score (nSPS) is 17.9. The van der Waals surface area contributed by atoms with E-state index in [1.165, 1.54) is 23.2 Å². The van der Waals surface area contributed by atoms with Crippen molar-refractivity contribution in [1.82, 2.24) is 4.98 Å². The zero-order chi connectivity index (χ0) is 24.8. The van der Waals surface area contributed by atoms with Crippen LogP contribution in [0.1, 0.15) is 49.1 Å². The van der Waals surface area contributed by atoms with Gasteiger partial charge in [-0.15, -0.1) is 0 Å². The number of rotatable bonds is 3. The Bertz CT molecular complexity index is 1330. The van der Waals surface area contributed by atoms with Gasteiger partial charge in [0, 0.05) is 23.6 Å². The first kappa shape index (κ1) is 23.6. The van der Waals surface area contributed by atoms with Gasteiger partial charge in [-0.3, -0.25) is 19.5 Å². The zero-order valence-electron chi connectivity index (χ0n) is 19.3. The summed E-state index contributed by atoms with van der Waals surface area (Å²) in [7, 11) is 0. The Labute approximate surface area is 202 Å². The highest BCUT2D eigenvalue weighted by Gasteiger charge is 2.47. The van der Waals surface area contributed by atoms with Crippen LogP contribution in [0.25, 0.3) is 5.76 Å². The predicted octanol–water partition coefficient (Wildman–Crippen LogP) is 6.11. The molecular weight excluding hydrogens is 455 g/mol. The highest BCUT2D eigenvalue weighted by atomic mass is 35.5. The minimum absolute atomic E-state index is 0.0624. The molecule has 34 heavy (non-hydrogen) atoms. The van der Waals surface area contributed by atoms with Gasteiger partial charge in [0.15, 0.2) is 0 Å². The molecule has 1 aliphatic heterocycles. The molecule has 1 fully saturated rings. The third-order valence-electron chi connectivity index (χ3n) is 5.98. The molecule has 3 aromatic rings. The number of halogens is 2. The molecule has 0 spiro atoms. The molecule has 5 nitrogen and oxygen atoms in total. The van der Waals surface area contributed by atoms with Crippen molar-refractivity contribution in [3.8, 4) is 0 Å². The number of amides is 1. The summed E-state index contributed by atoms with van der Waals surface area (Å²) in [5.41, 5.74) is 2.70. The van der Waals surface area contributed by atoms with E-state index in [9.17, 15) is 19.1 Å². The van der Waals surface area contributed by atoms with E-state index in [1.807, 2.05) is 45.9 Å². The van der Waals surface area contributed by atoms with Crippen LogP contribution in [-0.2, 0) is 15.0 Å². The van der Waals surface area contributed by atoms with Crippen molar-refractivity contribution in [3.05, 3.63) is 99.6 Å². The summed E-state index contributed by atoms with van der Waals surface area (Å²) in [6.07, 6.45) is 3.10. The quantitative estimate of drug-likeness (QED) is 0.280. The molecule has 1 N–H and O–H groups in total. The highest BCUT2D eigenvalue weighted by Crippen LogP contribution is 2.43. The van der Waals surface area contributed by atoms with Crippen LogP contribution in [0.5, 0.6) is 0 Å². The number of hydrogen-bond donors (Lipinski definition) is 1. The molecule has 7 heteroatoms. The number of hydrogen-bond acceptors (Lipinski definition) is 4. The van der Waals surface area contributed by atoms with Gasteiger partial charge in [-0.1, -0.05) is 50.6 Å². The molecule has 1 amide bonds. The summed E-state index contributed by atoms with van der Waals surface area (Å²) >= 11 is 5.97. The third-order valence-corrected chi connectivity index (χ3v) is 6.27. The van der Waals surface area contributed by atoms with Crippen LogP contribution in [0, 0.1) is 12.7 Å². The second-order valence-corrected chi connectivity index (χ2v) is 9.74. The molecule has 174 valence electrons. The van der Waals surface area contributed by atoms with Crippen LogP contribution in [0.2, 0.25) is 5.02 Å². The van der Waals surface area contributed by atoms with Crippen molar-refractivity contribution >= 4 is 34.7 Å². The first-order valence-corrected chi connectivity index (χ1v) is 11.2. The van der Waals surface area contributed by atoms with E-state index in [1.54, 1.807) is 18.3 Å². The maximum atomic E-state index is 13.8. The standard InChI is InChI=1S/C27H24ClFN2O3/c1-15-7-8-17(27(2,3)4)12-19(15)24(32)22-23(16-6-5-11-30-14-16)31(26(34)25(22)33)18-9-10-21(29)20(28)13-18/h5-14,23,32H,1-4H3/b24-22+. The van der Waals surface area contributed by atoms with Crippen LogP contribution in [0.4, 0.5) is 10.1 Å². The Morgan fingerprint density at radius 2 is 1.85 bits per heavy atom. The minimum Gasteiger partial charge on any atom is -0.507 e. The number of aliphatic hydroxyl groups excluding tert-OH is 1. The number of Topliss-reactive ketones (excluding diaryl/α,β-unsaturated/α-hetero) is 1. The monoisotopic (exact) mass is 478 g/mol. The lowest BCUT2D eigenvalue weighted by molar-refractivity contribution is -0.132. The van der Waals surface area contributed by atoms with Crippen LogP contribution in [0.15, 0.2) is 66.5 Å². The minimum atomic E-state index is -0.965. The summed E-state index contributed by atoms with van der Waals surface area (Å²) < 4.78 is 13.8. The molecule has 0 saturated carbocycles. The molecular formula is C27H24ClFN2O3. The number of aliphatic hydroxyl groups is 1. The van der Waals surface area contributed by atoms with Crippen LogP contribution < -0.4 is 4.90 Å². The van der Waals surface area contributed by atoms with Crippen molar-refractivity contribution in [2.45, 2.75) is 39.2 Å². The second-order valence-electron chi connectivity index (χ2n) is 9.33. The number of nitrogens with zero attached hydrogens (tertiary/aromatic N) is 2. The number of pyridine rings is 1. The Morgan fingerprint density at radius 1 is 1.12 bits per heavy atom. The second kappa shape index (κ2) is 8.69. The summed E-state index contributed by atoms with van der Waals surface area (Å²) in [5.74, 6) is -2.60. The van der Waals surface area contributed by atoms with Gasteiger partial charge in [-0.2, -0.15) is 0 Å². The van der Waals surface area contributed by atoms with E-state index < -0.39 is 23.5 Å². The molecule has 1 aromatic heterocycles. The fourth-order valence-electron chi connectivity index (χ4n) is 4.08. The highest BCUT2D eigenvalue weighted by molar-refractivity contribution is 6.51. The fourth-order valence-corrected chi connectivity index (χ4v) is 4.25. The van der Waals surface area contributed by atoms with Gasteiger partial charge in [-0.05, 0) is 59.4 Å². The molecule has 4 rings (SSSR count). The van der Waals surface area contributed by atoms with E-state index >= 15 is 0 Å². The summed E-state index contributed by atoms with van der Waals surface area (Å²) in [5, 5.41) is 11.3. The smallest absolute Gasteiger partial charge is 0.300 e. The number of aryl methyl sites for hydroxylation is 1. The van der Waals surface area contributed by atoms with E-state index in [4.69, 9.17) is 11.6 Å². The summed E-state index contributed by atoms with van der Waals surface area (Å²) in [6.45, 7) is 7.98. The summed E-state index contributed by atoms with van der Waals surface area (Å²) in [4.78, 5) is 31.9. The summed E-state index contributed by atoms with van der Waals surface area (Å²) in [6, 6.07) is 11.9. The molecule has 1 atom stereocenters. The van der Waals surface area contributed by atoms with Crippen molar-refractivity contribution in [2.75, 3.05) is 4.90 Å². The average molecular weight is 479 g/mol. The maximum absolute atomic E-state index is 13.8. The van der Waals surface area contributed by atoms with Crippen molar-refractivity contribution in [3.63, 3.8) is 0 Å². The number of benzene rings is 2. The SMILES string of the molecule is Cc1ccc(C(C)(C)C)cc1/C(O)=C1\C(=O)C(=O)N(c2ccc(F)c(Cl)c2)C1c1cccnc1. The molecule has 0 aliphatic carbocycles. The lowest BCUT2D eigenvalue weighted by Gasteiger charge is -2.26. The molecule has 1 aliphatic rings. The number of aromatic nitrogens is 1. The van der Waals surface area contributed by atoms with E-state index in [-0.39, 0.29) is 27.5 Å². The Hall–Kier alpha value is -3.51. The maximum Gasteiger partial charge on any atom is 0.300 e. The van der Waals surface area contributed by atoms with Crippen molar-refractivity contribution < 1.29 is 19.1 Å². The number of carbonyl (C=O) groups excluding carboxylic acids is 2. The molecule has 2 heterocycles. The molecule has 2 aromatic carbocycles. The first-order valence-electron chi connectivity index (χ1n) is 10.8. The van der Waals surface area contributed by atoms with Gasteiger partial charge in [-0.25, -0.2) is 4.39 Å². The fraction of sp³-hybridized carbons (Fsp3) is 0.222. The third kappa shape index (κ3) is 4.10. The first-order chi connectivity index (χ1) is 16.0.